The second-order valence-electron chi connectivity index (χ2n) is 2.81. The molecule has 1 rings (SSSR count). The van der Waals surface area contributed by atoms with Crippen LogP contribution in [0.25, 0.3) is 0 Å². The second-order valence-corrected chi connectivity index (χ2v) is 2.81. The fourth-order valence-electron chi connectivity index (χ4n) is 1.30. The lowest BCUT2D eigenvalue weighted by Crippen LogP contribution is -2.50. The van der Waals surface area contributed by atoms with Crippen LogP contribution in [0, 0.1) is 0 Å². The minimum Gasteiger partial charge on any atom is -0.394 e. The van der Waals surface area contributed by atoms with Crippen molar-refractivity contribution in [1.82, 2.24) is 0 Å². The standard InChI is InChI=1S/C7H14O5/c1-11-4-2-6(9)12-5(3-8)7(4)10/h4-10H,2-3H2,1H3/t4-,5-,6+,7+/m1/s1. The Morgan fingerprint density at radius 2 is 2.17 bits per heavy atom. The number of methoxy groups -OCH3 is 1. The molecule has 0 aromatic heterocycles. The Morgan fingerprint density at radius 3 is 2.67 bits per heavy atom. The van der Waals surface area contributed by atoms with Gasteiger partial charge in [0.05, 0.1) is 12.7 Å². The number of aliphatic hydroxyl groups is 3. The molecule has 0 unspecified atom stereocenters. The number of hydrogen-bond acceptors (Lipinski definition) is 5. The van der Waals surface area contributed by atoms with Crippen LogP contribution in [-0.4, -0.2) is 53.6 Å². The zero-order valence-electron chi connectivity index (χ0n) is 6.88. The third kappa shape index (κ3) is 1.94. The van der Waals surface area contributed by atoms with Crippen LogP contribution in [0.3, 0.4) is 0 Å². The molecule has 5 nitrogen and oxygen atoms in total. The zero-order chi connectivity index (χ0) is 9.14. The van der Waals surface area contributed by atoms with Gasteiger partial charge in [0.15, 0.2) is 6.29 Å². The first kappa shape index (κ1) is 9.88. The molecular formula is C7H14O5. The van der Waals surface area contributed by atoms with Gasteiger partial charge in [0.25, 0.3) is 0 Å². The summed E-state index contributed by atoms with van der Waals surface area (Å²) in [6, 6.07) is 0. The maximum Gasteiger partial charge on any atom is 0.157 e. The molecule has 1 aliphatic heterocycles. The molecule has 1 heterocycles. The van der Waals surface area contributed by atoms with Crippen LogP contribution < -0.4 is 0 Å². The molecule has 1 saturated heterocycles. The highest BCUT2D eigenvalue weighted by atomic mass is 16.6. The second kappa shape index (κ2) is 4.15. The van der Waals surface area contributed by atoms with Gasteiger partial charge in [-0.2, -0.15) is 0 Å². The molecule has 0 spiro atoms. The summed E-state index contributed by atoms with van der Waals surface area (Å²) < 4.78 is 9.76. The molecule has 1 fully saturated rings. The van der Waals surface area contributed by atoms with Crippen LogP contribution in [0.4, 0.5) is 0 Å². The summed E-state index contributed by atoms with van der Waals surface area (Å²) in [6.07, 6.45) is -2.82. The lowest BCUT2D eigenvalue weighted by Gasteiger charge is -2.35. The Kier molecular flexibility index (Phi) is 3.42. The van der Waals surface area contributed by atoms with E-state index >= 15 is 0 Å². The van der Waals surface area contributed by atoms with Crippen molar-refractivity contribution in [3.8, 4) is 0 Å². The lowest BCUT2D eigenvalue weighted by molar-refractivity contribution is -0.243. The summed E-state index contributed by atoms with van der Waals surface area (Å²) >= 11 is 0. The Morgan fingerprint density at radius 1 is 1.50 bits per heavy atom. The average molecular weight is 178 g/mol. The molecule has 0 saturated carbocycles. The van der Waals surface area contributed by atoms with Crippen molar-refractivity contribution in [3.05, 3.63) is 0 Å². The highest BCUT2D eigenvalue weighted by molar-refractivity contribution is 4.82. The highest BCUT2D eigenvalue weighted by Gasteiger charge is 2.36. The van der Waals surface area contributed by atoms with E-state index in [2.05, 4.69) is 0 Å². The summed E-state index contributed by atoms with van der Waals surface area (Å²) in [5.74, 6) is 0. The fourth-order valence-corrected chi connectivity index (χ4v) is 1.30. The van der Waals surface area contributed by atoms with Gasteiger partial charge in [-0.3, -0.25) is 0 Å². The van der Waals surface area contributed by atoms with Crippen molar-refractivity contribution >= 4 is 0 Å². The molecular weight excluding hydrogens is 164 g/mol. The van der Waals surface area contributed by atoms with Gasteiger partial charge in [-0.15, -0.1) is 0 Å². The molecule has 0 aliphatic carbocycles. The maximum absolute atomic E-state index is 9.43. The molecule has 1 aliphatic rings. The Balaban J connectivity index is 2.55. The molecule has 0 aromatic rings. The first-order chi connectivity index (χ1) is 5.69. The van der Waals surface area contributed by atoms with Crippen LogP contribution in [0.2, 0.25) is 0 Å². The summed E-state index contributed by atoms with van der Waals surface area (Å²) in [5.41, 5.74) is 0. The molecule has 3 N–H and O–H groups in total. The Bertz CT molecular complexity index is 126. The number of rotatable bonds is 2. The SMILES string of the molecule is CO[C@@H]1C[C@@H](O)O[C@H](CO)[C@H]1O. The molecule has 12 heavy (non-hydrogen) atoms. The van der Waals surface area contributed by atoms with E-state index in [0.717, 1.165) is 0 Å². The molecule has 4 atom stereocenters. The lowest BCUT2D eigenvalue weighted by atomic mass is 10.0. The van der Waals surface area contributed by atoms with Crippen LogP contribution >= 0.6 is 0 Å². The van der Waals surface area contributed by atoms with E-state index in [9.17, 15) is 5.11 Å². The van der Waals surface area contributed by atoms with Crippen LogP contribution in [0.15, 0.2) is 0 Å². The van der Waals surface area contributed by atoms with Crippen LogP contribution in [0.5, 0.6) is 0 Å². The van der Waals surface area contributed by atoms with E-state index in [1.807, 2.05) is 0 Å². The van der Waals surface area contributed by atoms with Gasteiger partial charge in [0, 0.05) is 13.5 Å². The van der Waals surface area contributed by atoms with Crippen molar-refractivity contribution in [2.45, 2.75) is 31.0 Å². The largest absolute Gasteiger partial charge is 0.394 e. The molecule has 5 heteroatoms. The Hall–Kier alpha value is -0.200. The van der Waals surface area contributed by atoms with E-state index in [-0.39, 0.29) is 13.0 Å². The van der Waals surface area contributed by atoms with Crippen molar-refractivity contribution in [2.24, 2.45) is 0 Å². The third-order valence-electron chi connectivity index (χ3n) is 2.01. The summed E-state index contributed by atoms with van der Waals surface area (Å²) in [4.78, 5) is 0. The van der Waals surface area contributed by atoms with Gasteiger partial charge < -0.3 is 24.8 Å². The predicted octanol–water partition coefficient (Wildman–Crippen LogP) is -1.54. The van der Waals surface area contributed by atoms with E-state index in [1.165, 1.54) is 7.11 Å². The van der Waals surface area contributed by atoms with Gasteiger partial charge in [0.1, 0.15) is 12.2 Å². The smallest absolute Gasteiger partial charge is 0.157 e. The van der Waals surface area contributed by atoms with Crippen LogP contribution in [-0.2, 0) is 9.47 Å². The molecule has 0 amide bonds. The van der Waals surface area contributed by atoms with Crippen molar-refractivity contribution in [3.63, 3.8) is 0 Å². The van der Waals surface area contributed by atoms with Gasteiger partial charge in [-0.05, 0) is 0 Å². The van der Waals surface area contributed by atoms with E-state index in [1.54, 1.807) is 0 Å². The predicted molar refractivity (Wildman–Crippen MR) is 39.4 cm³/mol. The van der Waals surface area contributed by atoms with Crippen molar-refractivity contribution in [2.75, 3.05) is 13.7 Å². The van der Waals surface area contributed by atoms with E-state index < -0.39 is 24.6 Å². The summed E-state index contributed by atoms with van der Waals surface area (Å²) in [6.45, 7) is -0.321. The minimum atomic E-state index is -0.963. The normalized spacial score (nSPS) is 43.0. The van der Waals surface area contributed by atoms with Gasteiger partial charge in [-0.1, -0.05) is 0 Å². The number of aliphatic hydroxyl groups excluding tert-OH is 3. The summed E-state index contributed by atoms with van der Waals surface area (Å²) in [5, 5.41) is 27.3. The van der Waals surface area contributed by atoms with Crippen molar-refractivity contribution in [1.29, 1.82) is 0 Å². The van der Waals surface area contributed by atoms with E-state index in [4.69, 9.17) is 19.7 Å². The quantitative estimate of drug-likeness (QED) is 0.477. The van der Waals surface area contributed by atoms with Gasteiger partial charge in [-0.25, -0.2) is 0 Å². The number of hydrogen-bond donors (Lipinski definition) is 3. The minimum absolute atomic E-state index is 0.230. The number of ether oxygens (including phenoxy) is 2. The third-order valence-corrected chi connectivity index (χ3v) is 2.01. The first-order valence-corrected chi connectivity index (χ1v) is 3.84. The molecule has 72 valence electrons. The molecule has 0 bridgehead atoms. The maximum atomic E-state index is 9.43. The highest BCUT2D eigenvalue weighted by Crippen LogP contribution is 2.20. The molecule has 0 aromatic carbocycles. The zero-order valence-corrected chi connectivity index (χ0v) is 6.88. The van der Waals surface area contributed by atoms with Gasteiger partial charge in [0.2, 0.25) is 0 Å². The Labute approximate surface area is 70.5 Å². The van der Waals surface area contributed by atoms with E-state index in [0.29, 0.717) is 0 Å². The van der Waals surface area contributed by atoms with Crippen LogP contribution in [0.1, 0.15) is 6.42 Å². The van der Waals surface area contributed by atoms with Crippen molar-refractivity contribution < 1.29 is 24.8 Å². The molecule has 0 radical (unpaired) electrons. The summed E-state index contributed by atoms with van der Waals surface area (Å²) in [7, 11) is 1.44. The topological polar surface area (TPSA) is 79.2 Å². The monoisotopic (exact) mass is 178 g/mol. The fraction of sp³-hybridized carbons (Fsp3) is 1.00. The average Bonchev–Trinajstić information content (AvgIpc) is 2.08. The van der Waals surface area contributed by atoms with Gasteiger partial charge >= 0.3 is 0 Å². The first-order valence-electron chi connectivity index (χ1n) is 3.84.